The minimum absolute atomic E-state index is 0.323. The molecule has 2 aromatic rings. The molecular weight excluding hydrogens is 508 g/mol. The van der Waals surface area contributed by atoms with Crippen LogP contribution in [0.5, 0.6) is 0 Å². The number of hydrogen-bond donors (Lipinski definition) is 1. The van der Waals surface area contributed by atoms with Gasteiger partial charge in [0.2, 0.25) is 5.91 Å². The van der Waals surface area contributed by atoms with Crippen LogP contribution in [-0.4, -0.2) is 75.4 Å². The molecule has 1 saturated heterocycles. The fraction of sp³-hybridized carbons (Fsp3) is 0.478. The van der Waals surface area contributed by atoms with Gasteiger partial charge in [0, 0.05) is 27.7 Å². The van der Waals surface area contributed by atoms with Crippen LogP contribution in [0.2, 0.25) is 0 Å². The van der Waals surface area contributed by atoms with E-state index in [0.717, 1.165) is 18.5 Å². The van der Waals surface area contributed by atoms with Gasteiger partial charge in [-0.05, 0) is 18.4 Å². The quantitative estimate of drug-likeness (QED) is 0.286. The molecule has 1 aliphatic heterocycles. The molecular formula is C23H28N4O9S. The maximum absolute atomic E-state index is 13.6. The molecule has 0 radical (unpaired) electrons. The van der Waals surface area contributed by atoms with Crippen LogP contribution in [0.4, 0.5) is 0 Å². The molecule has 1 amide bonds. The lowest BCUT2D eigenvalue weighted by molar-refractivity contribution is -0.239. The van der Waals surface area contributed by atoms with Gasteiger partial charge in [-0.3, -0.25) is 19.2 Å². The van der Waals surface area contributed by atoms with Gasteiger partial charge >= 0.3 is 23.6 Å². The van der Waals surface area contributed by atoms with E-state index in [-0.39, 0.29) is 0 Å². The van der Waals surface area contributed by atoms with Gasteiger partial charge in [0.25, 0.3) is 0 Å². The van der Waals surface area contributed by atoms with Crippen molar-refractivity contribution in [2.24, 2.45) is 0 Å². The van der Waals surface area contributed by atoms with Gasteiger partial charge in [-0.25, -0.2) is 9.36 Å². The van der Waals surface area contributed by atoms with Crippen molar-refractivity contribution < 1.29 is 38.1 Å². The van der Waals surface area contributed by atoms with Crippen LogP contribution in [0.3, 0.4) is 0 Å². The first kappa shape index (κ1) is 27.9. The van der Waals surface area contributed by atoms with Crippen LogP contribution < -0.4 is 11.0 Å². The summed E-state index contributed by atoms with van der Waals surface area (Å²) in [4.78, 5) is 61.3. The van der Waals surface area contributed by atoms with Gasteiger partial charge in [0.15, 0.2) is 23.6 Å². The summed E-state index contributed by atoms with van der Waals surface area (Å²) in [5, 5.41) is 7.37. The molecule has 1 aliphatic rings. The number of aromatic nitrogens is 3. The molecule has 1 fully saturated rings. The van der Waals surface area contributed by atoms with E-state index in [0.29, 0.717) is 10.8 Å². The molecule has 0 unspecified atom stereocenters. The Hall–Kier alpha value is -3.65. The third-order valence-electron chi connectivity index (χ3n) is 5.30. The van der Waals surface area contributed by atoms with Crippen molar-refractivity contribution in [3.8, 4) is 5.69 Å². The van der Waals surface area contributed by atoms with Crippen molar-refractivity contribution in [2.45, 2.75) is 63.4 Å². The Morgan fingerprint density at radius 2 is 1.62 bits per heavy atom. The van der Waals surface area contributed by atoms with E-state index in [1.54, 1.807) is 36.6 Å². The van der Waals surface area contributed by atoms with Gasteiger partial charge < -0.3 is 24.3 Å². The number of carbonyl (C=O) groups is 4. The van der Waals surface area contributed by atoms with Crippen molar-refractivity contribution >= 4 is 35.6 Å². The van der Waals surface area contributed by atoms with Gasteiger partial charge in [0.1, 0.15) is 18.8 Å². The van der Waals surface area contributed by atoms with E-state index in [1.165, 1.54) is 30.2 Å². The standard InChI is InChI=1S/C23H28N4O9S/c1-12(28)24-18-20(35-15(4)31)19(34-14(3)30)17(11-33-13(2)29)36-21(18)27-23(32)26(22(25-27)37-5)16-9-7-6-8-10-16/h6-10,17-21H,11H2,1-5H3,(H,24,28)/t17-,18+,19+,20+,21-/m1/s1. The highest BCUT2D eigenvalue weighted by Crippen LogP contribution is 2.32. The van der Waals surface area contributed by atoms with E-state index >= 15 is 0 Å². The van der Waals surface area contributed by atoms with Crippen LogP contribution >= 0.6 is 11.8 Å². The zero-order chi connectivity index (χ0) is 27.3. The number of ether oxygens (including phenoxy) is 4. The molecule has 0 bridgehead atoms. The van der Waals surface area contributed by atoms with Crippen molar-refractivity contribution in [3.63, 3.8) is 0 Å². The van der Waals surface area contributed by atoms with Crippen LogP contribution in [0.15, 0.2) is 40.3 Å². The smallest absolute Gasteiger partial charge is 0.353 e. The molecule has 37 heavy (non-hydrogen) atoms. The monoisotopic (exact) mass is 536 g/mol. The number of amides is 1. The van der Waals surface area contributed by atoms with Crippen LogP contribution in [-0.2, 0) is 38.1 Å². The number of carbonyl (C=O) groups excluding carboxylic acids is 4. The fourth-order valence-electron chi connectivity index (χ4n) is 3.98. The lowest BCUT2D eigenvalue weighted by atomic mass is 9.95. The second kappa shape index (κ2) is 12.1. The van der Waals surface area contributed by atoms with Gasteiger partial charge in [0.05, 0.1) is 5.69 Å². The summed E-state index contributed by atoms with van der Waals surface area (Å²) in [6, 6.07) is 7.56. The maximum atomic E-state index is 13.6. The normalized spacial score (nSPS) is 23.1. The average molecular weight is 537 g/mol. The van der Waals surface area contributed by atoms with E-state index in [4.69, 9.17) is 18.9 Å². The predicted molar refractivity (Wildman–Crippen MR) is 129 cm³/mol. The SMILES string of the molecule is CSc1nn([C@@H]2O[C@H](COC(C)=O)[C@H](OC(C)=O)[C@@H](OC(C)=O)[C@@H]2NC(C)=O)c(=O)n1-c1ccccc1. The number of nitrogens with one attached hydrogen (secondary N) is 1. The summed E-state index contributed by atoms with van der Waals surface area (Å²) in [5.41, 5.74) is -0.0598. The van der Waals surface area contributed by atoms with Gasteiger partial charge in [-0.2, -0.15) is 4.68 Å². The van der Waals surface area contributed by atoms with Crippen LogP contribution in [0.25, 0.3) is 5.69 Å². The highest BCUT2D eigenvalue weighted by Gasteiger charge is 2.52. The molecule has 1 aromatic heterocycles. The molecule has 2 heterocycles. The summed E-state index contributed by atoms with van der Waals surface area (Å²) in [6.45, 7) is 4.30. The van der Waals surface area contributed by atoms with E-state index < -0.39 is 66.7 Å². The molecule has 14 heteroatoms. The van der Waals surface area contributed by atoms with Crippen molar-refractivity contribution in [1.82, 2.24) is 19.7 Å². The maximum Gasteiger partial charge on any atom is 0.353 e. The zero-order valence-corrected chi connectivity index (χ0v) is 21.7. The Kier molecular flexibility index (Phi) is 9.10. The second-order valence-corrected chi connectivity index (χ2v) is 8.90. The Labute approximate surface area is 216 Å². The molecule has 1 N–H and O–H groups in total. The molecule has 5 atom stereocenters. The third kappa shape index (κ3) is 6.57. The molecule has 3 rings (SSSR count). The number of nitrogens with zero attached hydrogens (tertiary/aromatic N) is 3. The van der Waals surface area contributed by atoms with Gasteiger partial charge in [-0.15, -0.1) is 5.10 Å². The summed E-state index contributed by atoms with van der Waals surface area (Å²) >= 11 is 1.20. The molecule has 200 valence electrons. The number of para-hydroxylation sites is 1. The topological polar surface area (TPSA) is 157 Å². The summed E-state index contributed by atoms with van der Waals surface area (Å²) in [7, 11) is 0. The predicted octanol–water partition coefficient (Wildman–Crippen LogP) is 0.585. The number of esters is 3. The number of thioether (sulfide) groups is 1. The minimum Gasteiger partial charge on any atom is -0.463 e. The van der Waals surface area contributed by atoms with Crippen molar-refractivity contribution in [3.05, 3.63) is 40.8 Å². The average Bonchev–Trinajstić information content (AvgIpc) is 3.16. The first-order chi connectivity index (χ1) is 17.5. The largest absolute Gasteiger partial charge is 0.463 e. The summed E-state index contributed by atoms with van der Waals surface area (Å²) in [6.07, 6.45) is -3.35. The molecule has 0 saturated carbocycles. The van der Waals surface area contributed by atoms with E-state index in [1.807, 2.05) is 0 Å². The molecule has 13 nitrogen and oxygen atoms in total. The Morgan fingerprint density at radius 1 is 1.00 bits per heavy atom. The first-order valence-electron chi connectivity index (χ1n) is 11.2. The number of rotatable bonds is 8. The zero-order valence-electron chi connectivity index (χ0n) is 20.9. The molecule has 1 aromatic carbocycles. The van der Waals surface area contributed by atoms with Crippen LogP contribution in [0, 0.1) is 0 Å². The highest BCUT2D eigenvalue weighted by atomic mass is 32.2. The fourth-order valence-corrected chi connectivity index (χ4v) is 4.51. The lowest BCUT2D eigenvalue weighted by Crippen LogP contribution is -2.65. The third-order valence-corrected chi connectivity index (χ3v) is 5.93. The highest BCUT2D eigenvalue weighted by molar-refractivity contribution is 7.98. The van der Waals surface area contributed by atoms with E-state index in [9.17, 15) is 24.0 Å². The molecule has 0 aliphatic carbocycles. The minimum atomic E-state index is -1.33. The van der Waals surface area contributed by atoms with Crippen molar-refractivity contribution in [2.75, 3.05) is 12.9 Å². The number of hydrogen-bond acceptors (Lipinski definition) is 11. The number of benzene rings is 1. The Bertz CT molecular complexity index is 1210. The summed E-state index contributed by atoms with van der Waals surface area (Å²) < 4.78 is 24.5. The molecule has 0 spiro atoms. The Balaban J connectivity index is 2.18. The Morgan fingerprint density at radius 3 is 2.16 bits per heavy atom. The first-order valence-corrected chi connectivity index (χ1v) is 12.5. The second-order valence-electron chi connectivity index (χ2n) is 8.13. The van der Waals surface area contributed by atoms with Crippen molar-refractivity contribution in [1.29, 1.82) is 0 Å². The van der Waals surface area contributed by atoms with E-state index in [2.05, 4.69) is 10.4 Å². The van der Waals surface area contributed by atoms with Crippen LogP contribution in [0.1, 0.15) is 33.9 Å². The lowest BCUT2D eigenvalue weighted by Gasteiger charge is -2.44. The van der Waals surface area contributed by atoms with Gasteiger partial charge in [-0.1, -0.05) is 30.0 Å². The summed E-state index contributed by atoms with van der Waals surface area (Å²) in [5.74, 6) is -2.63.